The smallest absolute Gasteiger partial charge is 0.141 e. The highest BCUT2D eigenvalue weighted by atomic mass is 32.2. The Morgan fingerprint density at radius 3 is 3.00 bits per heavy atom. The van der Waals surface area contributed by atoms with Crippen molar-refractivity contribution in [3.63, 3.8) is 0 Å². The first kappa shape index (κ1) is 11.5. The summed E-state index contributed by atoms with van der Waals surface area (Å²) < 4.78 is 12.7. The van der Waals surface area contributed by atoms with Gasteiger partial charge in [-0.2, -0.15) is 11.8 Å². The quantitative estimate of drug-likeness (QED) is 0.764. The van der Waals surface area contributed by atoms with E-state index in [1.54, 1.807) is 18.0 Å². The van der Waals surface area contributed by atoms with Gasteiger partial charge in [0.15, 0.2) is 0 Å². The topological polar surface area (TPSA) is 38.9 Å². The van der Waals surface area contributed by atoms with E-state index in [1.807, 2.05) is 6.92 Å². The molecule has 0 aliphatic rings. The van der Waals surface area contributed by atoms with Gasteiger partial charge in [0, 0.05) is 18.0 Å². The Balaban J connectivity index is 2.25. The van der Waals surface area contributed by atoms with Crippen LogP contribution in [0.1, 0.15) is 18.9 Å². The standard InChI is InChI=1S/C10H15FN2S/c1-8(12)2-3-14-7-9-4-10(11)6-13-5-9/h4-6,8H,2-3,7,12H2,1H3. The van der Waals surface area contributed by atoms with Crippen molar-refractivity contribution in [2.45, 2.75) is 25.1 Å². The third-order valence-electron chi connectivity index (χ3n) is 1.75. The Morgan fingerprint density at radius 1 is 1.57 bits per heavy atom. The molecular formula is C10H15FN2S. The molecule has 0 saturated heterocycles. The zero-order chi connectivity index (χ0) is 10.4. The monoisotopic (exact) mass is 214 g/mol. The van der Waals surface area contributed by atoms with Crippen LogP contribution in [0.2, 0.25) is 0 Å². The molecule has 2 N–H and O–H groups in total. The van der Waals surface area contributed by atoms with Gasteiger partial charge in [0.2, 0.25) is 0 Å². The van der Waals surface area contributed by atoms with Crippen LogP contribution in [0.4, 0.5) is 4.39 Å². The van der Waals surface area contributed by atoms with E-state index in [0.29, 0.717) is 0 Å². The number of rotatable bonds is 5. The fourth-order valence-electron chi connectivity index (χ4n) is 0.994. The Labute approximate surface area is 88.1 Å². The predicted molar refractivity (Wildman–Crippen MR) is 58.6 cm³/mol. The zero-order valence-electron chi connectivity index (χ0n) is 8.24. The number of nitrogens with zero attached hydrogens (tertiary/aromatic N) is 1. The summed E-state index contributed by atoms with van der Waals surface area (Å²) in [6.07, 6.45) is 3.91. The van der Waals surface area contributed by atoms with E-state index in [-0.39, 0.29) is 11.9 Å². The maximum atomic E-state index is 12.7. The number of halogens is 1. The molecule has 1 aromatic heterocycles. The van der Waals surface area contributed by atoms with Gasteiger partial charge in [-0.15, -0.1) is 0 Å². The molecule has 0 spiro atoms. The van der Waals surface area contributed by atoms with Crippen LogP contribution in [0.25, 0.3) is 0 Å². The van der Waals surface area contributed by atoms with E-state index in [1.165, 1.54) is 12.3 Å². The maximum Gasteiger partial charge on any atom is 0.141 e. The molecule has 1 atom stereocenters. The van der Waals surface area contributed by atoms with E-state index in [2.05, 4.69) is 4.98 Å². The van der Waals surface area contributed by atoms with Gasteiger partial charge in [-0.05, 0) is 30.7 Å². The second-order valence-electron chi connectivity index (χ2n) is 3.33. The highest BCUT2D eigenvalue weighted by Crippen LogP contribution is 2.13. The fourth-order valence-corrected chi connectivity index (χ4v) is 2.07. The van der Waals surface area contributed by atoms with E-state index >= 15 is 0 Å². The minimum atomic E-state index is -0.268. The van der Waals surface area contributed by atoms with Gasteiger partial charge in [-0.1, -0.05) is 0 Å². The Bertz CT molecular complexity index is 279. The van der Waals surface area contributed by atoms with Gasteiger partial charge in [-0.25, -0.2) is 4.39 Å². The average Bonchev–Trinajstić information content (AvgIpc) is 2.12. The first-order valence-electron chi connectivity index (χ1n) is 4.61. The molecule has 2 nitrogen and oxygen atoms in total. The number of hydrogen-bond acceptors (Lipinski definition) is 3. The molecule has 0 saturated carbocycles. The van der Waals surface area contributed by atoms with Gasteiger partial charge in [0.1, 0.15) is 5.82 Å². The lowest BCUT2D eigenvalue weighted by molar-refractivity contribution is 0.619. The first-order valence-corrected chi connectivity index (χ1v) is 5.76. The largest absolute Gasteiger partial charge is 0.328 e. The predicted octanol–water partition coefficient (Wildman–Crippen LogP) is 2.19. The highest BCUT2D eigenvalue weighted by Gasteiger charge is 1.98. The van der Waals surface area contributed by atoms with E-state index in [0.717, 1.165) is 23.5 Å². The summed E-state index contributed by atoms with van der Waals surface area (Å²) in [5.41, 5.74) is 6.54. The van der Waals surface area contributed by atoms with Crippen molar-refractivity contribution in [2.24, 2.45) is 5.73 Å². The molecule has 0 bridgehead atoms. The van der Waals surface area contributed by atoms with Crippen LogP contribution in [0, 0.1) is 5.82 Å². The normalized spacial score (nSPS) is 12.8. The van der Waals surface area contributed by atoms with Crippen LogP contribution in [-0.4, -0.2) is 16.8 Å². The lowest BCUT2D eigenvalue weighted by atomic mass is 10.3. The van der Waals surface area contributed by atoms with Crippen LogP contribution in [0.5, 0.6) is 0 Å². The minimum Gasteiger partial charge on any atom is -0.328 e. The summed E-state index contributed by atoms with van der Waals surface area (Å²) in [7, 11) is 0. The van der Waals surface area contributed by atoms with Gasteiger partial charge in [-0.3, -0.25) is 4.98 Å². The molecule has 1 heterocycles. The Kier molecular flexibility index (Phi) is 4.90. The fraction of sp³-hybridized carbons (Fsp3) is 0.500. The van der Waals surface area contributed by atoms with Crippen LogP contribution < -0.4 is 5.73 Å². The van der Waals surface area contributed by atoms with Crippen molar-refractivity contribution in [1.29, 1.82) is 0 Å². The zero-order valence-corrected chi connectivity index (χ0v) is 9.06. The lowest BCUT2D eigenvalue weighted by Gasteiger charge is -2.04. The van der Waals surface area contributed by atoms with Crippen LogP contribution in [-0.2, 0) is 5.75 Å². The summed E-state index contributed by atoms with van der Waals surface area (Å²) in [4.78, 5) is 3.79. The van der Waals surface area contributed by atoms with Crippen molar-refractivity contribution in [1.82, 2.24) is 4.98 Å². The van der Waals surface area contributed by atoms with E-state index in [4.69, 9.17) is 5.73 Å². The SMILES string of the molecule is CC(N)CCSCc1cncc(F)c1. The first-order chi connectivity index (χ1) is 6.68. The third-order valence-corrected chi connectivity index (χ3v) is 2.81. The second-order valence-corrected chi connectivity index (χ2v) is 4.44. The molecule has 4 heteroatoms. The molecule has 14 heavy (non-hydrogen) atoms. The number of thioether (sulfide) groups is 1. The summed E-state index contributed by atoms with van der Waals surface area (Å²) in [5.74, 6) is 1.54. The van der Waals surface area contributed by atoms with Crippen molar-refractivity contribution >= 4 is 11.8 Å². The molecule has 1 aromatic rings. The molecule has 0 aromatic carbocycles. The highest BCUT2D eigenvalue weighted by molar-refractivity contribution is 7.98. The summed E-state index contributed by atoms with van der Waals surface area (Å²) >= 11 is 1.76. The maximum absolute atomic E-state index is 12.7. The lowest BCUT2D eigenvalue weighted by Crippen LogP contribution is -2.15. The van der Waals surface area contributed by atoms with Crippen molar-refractivity contribution in [3.05, 3.63) is 29.8 Å². The van der Waals surface area contributed by atoms with Crippen LogP contribution >= 0.6 is 11.8 Å². The number of aromatic nitrogens is 1. The summed E-state index contributed by atoms with van der Waals surface area (Å²) in [5, 5.41) is 0. The Hall–Kier alpha value is -0.610. The Morgan fingerprint density at radius 2 is 2.36 bits per heavy atom. The molecule has 1 rings (SSSR count). The third kappa shape index (κ3) is 4.58. The number of pyridine rings is 1. The number of hydrogen-bond donors (Lipinski definition) is 1. The molecular weight excluding hydrogens is 199 g/mol. The van der Waals surface area contributed by atoms with E-state index in [9.17, 15) is 4.39 Å². The minimum absolute atomic E-state index is 0.244. The molecule has 0 radical (unpaired) electrons. The van der Waals surface area contributed by atoms with Gasteiger partial charge in [0.25, 0.3) is 0 Å². The van der Waals surface area contributed by atoms with Crippen molar-refractivity contribution in [3.8, 4) is 0 Å². The van der Waals surface area contributed by atoms with Crippen molar-refractivity contribution in [2.75, 3.05) is 5.75 Å². The molecule has 1 unspecified atom stereocenters. The van der Waals surface area contributed by atoms with E-state index < -0.39 is 0 Å². The van der Waals surface area contributed by atoms with Gasteiger partial charge in [0.05, 0.1) is 6.20 Å². The molecule has 0 fully saturated rings. The molecule has 0 amide bonds. The number of nitrogens with two attached hydrogens (primary N) is 1. The van der Waals surface area contributed by atoms with Gasteiger partial charge >= 0.3 is 0 Å². The molecule has 0 aliphatic heterocycles. The van der Waals surface area contributed by atoms with Crippen LogP contribution in [0.3, 0.4) is 0 Å². The molecule has 78 valence electrons. The molecule has 0 aliphatic carbocycles. The second kappa shape index (κ2) is 5.98. The summed E-state index contributed by atoms with van der Waals surface area (Å²) in [6.45, 7) is 1.99. The van der Waals surface area contributed by atoms with Gasteiger partial charge < -0.3 is 5.73 Å². The average molecular weight is 214 g/mol. The van der Waals surface area contributed by atoms with Crippen molar-refractivity contribution < 1.29 is 4.39 Å². The summed E-state index contributed by atoms with van der Waals surface area (Å²) in [6, 6.07) is 1.76. The van der Waals surface area contributed by atoms with Crippen LogP contribution in [0.15, 0.2) is 18.5 Å².